The van der Waals surface area contributed by atoms with Crippen molar-refractivity contribution in [3.05, 3.63) is 81.1 Å². The highest BCUT2D eigenvalue weighted by molar-refractivity contribution is 6.30. The Bertz CT molecular complexity index is 1840. The summed E-state index contributed by atoms with van der Waals surface area (Å²) in [5.74, 6) is 1.58. The molecule has 3 aromatic carbocycles. The lowest BCUT2D eigenvalue weighted by molar-refractivity contribution is 0.0774. The van der Waals surface area contributed by atoms with E-state index in [9.17, 15) is 14.0 Å². The van der Waals surface area contributed by atoms with E-state index in [1.54, 1.807) is 44.4 Å². The van der Waals surface area contributed by atoms with Crippen LogP contribution in [0.5, 0.6) is 17.2 Å². The quantitative estimate of drug-likeness (QED) is 0.168. The summed E-state index contributed by atoms with van der Waals surface area (Å²) in [5.41, 5.74) is 1.87. The Kier molecular flexibility index (Phi) is 9.02. The number of carbonyl (C=O) groups is 1. The minimum atomic E-state index is -0.553. The Morgan fingerprint density at radius 1 is 0.978 bits per heavy atom. The summed E-state index contributed by atoms with van der Waals surface area (Å²) < 4.78 is 32.6. The minimum Gasteiger partial charge on any atom is -0.494 e. The number of amides is 1. The number of aliphatic imine (C=N–C) groups is 1. The molecule has 1 aromatic heterocycles. The van der Waals surface area contributed by atoms with Gasteiger partial charge in [0.2, 0.25) is 0 Å². The average molecular weight is 633 g/mol. The molecule has 1 atom stereocenters. The van der Waals surface area contributed by atoms with Crippen LogP contribution in [-0.2, 0) is 0 Å². The number of fused-ring (bicyclic) bond motifs is 3. The molecule has 11 heteroatoms. The Morgan fingerprint density at radius 3 is 2.56 bits per heavy atom. The first-order valence-corrected chi connectivity index (χ1v) is 15.5. The number of hydrogen-bond donors (Lipinski definition) is 0. The number of unbranched alkanes of at least 4 members (excludes halogenated alkanes) is 3. The summed E-state index contributed by atoms with van der Waals surface area (Å²) in [4.78, 5) is 37.4. The zero-order valence-corrected chi connectivity index (χ0v) is 26.0. The lowest BCUT2D eigenvalue weighted by Crippen LogP contribution is -2.35. The third-order valence-electron chi connectivity index (χ3n) is 8.19. The molecule has 3 heterocycles. The predicted octanol–water partition coefficient (Wildman–Crippen LogP) is 6.83. The molecular weight excluding hydrogens is 599 g/mol. The van der Waals surface area contributed by atoms with Crippen LogP contribution in [0.15, 0.2) is 58.3 Å². The number of carbonyl (C=O) groups excluding carboxylic acids is 1. The van der Waals surface area contributed by atoms with Gasteiger partial charge in [-0.1, -0.05) is 11.6 Å². The van der Waals surface area contributed by atoms with Crippen LogP contribution in [0.2, 0.25) is 5.02 Å². The van der Waals surface area contributed by atoms with Gasteiger partial charge in [-0.2, -0.15) is 0 Å². The van der Waals surface area contributed by atoms with Gasteiger partial charge in [-0.3, -0.25) is 19.1 Å². The monoisotopic (exact) mass is 632 g/mol. The number of aromatic nitrogens is 2. The number of rotatable bonds is 11. The normalized spacial score (nSPS) is 15.6. The van der Waals surface area contributed by atoms with Crippen molar-refractivity contribution in [1.82, 2.24) is 14.5 Å². The molecule has 0 saturated carbocycles. The second-order valence-corrected chi connectivity index (χ2v) is 11.6. The summed E-state index contributed by atoms with van der Waals surface area (Å²) in [6, 6.07) is 13.0. The lowest BCUT2D eigenvalue weighted by atomic mass is 10.1. The Morgan fingerprint density at radius 2 is 1.78 bits per heavy atom. The van der Waals surface area contributed by atoms with E-state index in [1.165, 1.54) is 22.8 Å². The number of nitrogens with zero attached hydrogens (tertiary/aromatic N) is 4. The standard InChI is InChI=1S/C34H34ClFN4O5/c1-21-38-29-12-10-24(17-25(29)34(42)40(21)22-9-11-28(36)27(35)16-22)44-14-5-3-4-6-15-45-32-19-30-26(18-31(32)43-2)33(41)39-13-7-8-23(39)20-37-30/h9-12,16-20,23H,3-8,13-15H2,1-2H3/t23-/m0/s1. The molecule has 1 saturated heterocycles. The topological polar surface area (TPSA) is 95.2 Å². The zero-order valence-electron chi connectivity index (χ0n) is 25.2. The minimum absolute atomic E-state index is 0.0139. The largest absolute Gasteiger partial charge is 0.494 e. The van der Waals surface area contributed by atoms with E-state index >= 15 is 0 Å². The SMILES string of the molecule is COc1cc2c(cc1OCCCCCCOc1ccc3nc(C)n(-c4ccc(F)c(Cl)c4)c(=O)c3c1)N=C[C@@H]1CCCN1C2=O. The van der Waals surface area contributed by atoms with Crippen molar-refractivity contribution in [2.24, 2.45) is 4.99 Å². The number of ether oxygens (including phenoxy) is 3. The molecule has 2 aliphatic heterocycles. The summed E-state index contributed by atoms with van der Waals surface area (Å²) in [7, 11) is 1.57. The van der Waals surface area contributed by atoms with Gasteiger partial charge in [0.1, 0.15) is 17.4 Å². The van der Waals surface area contributed by atoms with Gasteiger partial charge in [0.15, 0.2) is 11.5 Å². The maximum absolute atomic E-state index is 13.7. The molecule has 1 fully saturated rings. The van der Waals surface area contributed by atoms with E-state index in [2.05, 4.69) is 9.98 Å². The molecule has 0 radical (unpaired) electrons. The van der Waals surface area contributed by atoms with Crippen LogP contribution in [0.4, 0.5) is 10.1 Å². The highest BCUT2D eigenvalue weighted by Gasteiger charge is 2.32. The van der Waals surface area contributed by atoms with Crippen molar-refractivity contribution in [3.63, 3.8) is 0 Å². The second kappa shape index (κ2) is 13.3. The predicted molar refractivity (Wildman–Crippen MR) is 172 cm³/mol. The van der Waals surface area contributed by atoms with Crippen LogP contribution in [0, 0.1) is 12.7 Å². The van der Waals surface area contributed by atoms with E-state index in [0.29, 0.717) is 64.1 Å². The van der Waals surface area contributed by atoms with Crippen LogP contribution < -0.4 is 19.8 Å². The Hall–Kier alpha value is -4.44. The van der Waals surface area contributed by atoms with Gasteiger partial charge >= 0.3 is 0 Å². The first kappa shape index (κ1) is 30.6. The van der Waals surface area contributed by atoms with Crippen LogP contribution in [0.3, 0.4) is 0 Å². The molecule has 0 spiro atoms. The van der Waals surface area contributed by atoms with E-state index in [1.807, 2.05) is 11.1 Å². The molecule has 9 nitrogen and oxygen atoms in total. The maximum atomic E-state index is 13.7. The third kappa shape index (κ3) is 6.38. The molecule has 45 heavy (non-hydrogen) atoms. The van der Waals surface area contributed by atoms with Gasteiger partial charge in [0.25, 0.3) is 11.5 Å². The molecule has 6 rings (SSSR count). The maximum Gasteiger partial charge on any atom is 0.266 e. The molecule has 1 amide bonds. The number of aryl methyl sites for hydroxylation is 1. The van der Waals surface area contributed by atoms with Crippen LogP contribution in [0.25, 0.3) is 16.6 Å². The molecule has 234 valence electrons. The van der Waals surface area contributed by atoms with Crippen molar-refractivity contribution >= 4 is 40.3 Å². The van der Waals surface area contributed by atoms with Crippen LogP contribution in [0.1, 0.15) is 54.7 Å². The smallest absolute Gasteiger partial charge is 0.266 e. The second-order valence-electron chi connectivity index (χ2n) is 11.2. The highest BCUT2D eigenvalue weighted by Crippen LogP contribution is 2.38. The number of hydrogen-bond acceptors (Lipinski definition) is 7. The van der Waals surface area contributed by atoms with Crippen LogP contribution >= 0.6 is 11.6 Å². The van der Waals surface area contributed by atoms with Gasteiger partial charge in [0.05, 0.1) is 59.2 Å². The fourth-order valence-electron chi connectivity index (χ4n) is 5.84. The van der Waals surface area contributed by atoms with Crippen molar-refractivity contribution in [1.29, 1.82) is 0 Å². The van der Waals surface area contributed by atoms with Gasteiger partial charge in [-0.05, 0) is 87.9 Å². The molecule has 2 aliphatic rings. The van der Waals surface area contributed by atoms with Gasteiger partial charge in [0, 0.05) is 18.8 Å². The zero-order chi connectivity index (χ0) is 31.5. The fraction of sp³-hybridized carbons (Fsp3) is 0.353. The van der Waals surface area contributed by atoms with E-state index in [4.69, 9.17) is 25.8 Å². The van der Waals surface area contributed by atoms with Crippen molar-refractivity contribution < 1.29 is 23.4 Å². The van der Waals surface area contributed by atoms with Crippen LogP contribution in [-0.4, -0.2) is 59.5 Å². The first-order valence-electron chi connectivity index (χ1n) is 15.2. The van der Waals surface area contributed by atoms with Crippen molar-refractivity contribution in [2.45, 2.75) is 51.5 Å². The highest BCUT2D eigenvalue weighted by atomic mass is 35.5. The van der Waals surface area contributed by atoms with Crippen molar-refractivity contribution in [3.8, 4) is 22.9 Å². The number of benzene rings is 3. The molecule has 0 unspecified atom stereocenters. The molecule has 0 N–H and O–H groups in total. The van der Waals surface area contributed by atoms with E-state index in [0.717, 1.165) is 45.1 Å². The Balaban J connectivity index is 1.000. The summed E-state index contributed by atoms with van der Waals surface area (Å²) in [6.07, 6.45) is 7.34. The average Bonchev–Trinajstić information content (AvgIpc) is 3.47. The van der Waals surface area contributed by atoms with Gasteiger partial charge in [-0.15, -0.1) is 0 Å². The van der Waals surface area contributed by atoms with E-state index in [-0.39, 0.29) is 22.5 Å². The molecule has 0 bridgehead atoms. The van der Waals surface area contributed by atoms with Gasteiger partial charge < -0.3 is 19.1 Å². The molecule has 4 aromatic rings. The fourth-order valence-corrected chi connectivity index (χ4v) is 6.02. The molecular formula is C34H34ClFN4O5. The summed E-state index contributed by atoms with van der Waals surface area (Å²) >= 11 is 5.95. The number of methoxy groups -OCH3 is 1. The number of halogens is 2. The Labute approximate surface area is 265 Å². The summed E-state index contributed by atoms with van der Waals surface area (Å²) in [6.45, 7) is 3.47. The molecule has 0 aliphatic carbocycles. The first-order chi connectivity index (χ1) is 21.8. The van der Waals surface area contributed by atoms with Gasteiger partial charge in [-0.25, -0.2) is 9.37 Å². The van der Waals surface area contributed by atoms with E-state index < -0.39 is 5.82 Å². The third-order valence-corrected chi connectivity index (χ3v) is 8.48. The van der Waals surface area contributed by atoms with Crippen molar-refractivity contribution in [2.75, 3.05) is 26.9 Å². The summed E-state index contributed by atoms with van der Waals surface area (Å²) in [5, 5.41) is 0.336. The lowest BCUT2D eigenvalue weighted by Gasteiger charge is -2.20.